The predicted molar refractivity (Wildman–Crippen MR) is 104 cm³/mol. The van der Waals surface area contributed by atoms with Gasteiger partial charge in [-0.3, -0.25) is 9.48 Å². The molecule has 2 aliphatic rings. The Morgan fingerprint density at radius 2 is 2.11 bits per heavy atom. The number of hydrogen-bond acceptors (Lipinski definition) is 4. The van der Waals surface area contributed by atoms with E-state index in [1.54, 1.807) is 11.8 Å². The average molecular weight is 368 g/mol. The SMILES string of the molecule is CCn1nc(C)cc1C(=O)N[C@@H]1c2ccccc2C2(CCNCC2)[C@H]1OC. The second kappa shape index (κ2) is 7.09. The standard InChI is InChI=1S/C21H28N4O2/c1-4-25-17(13-14(2)24-25)20(26)23-18-15-7-5-6-8-16(15)21(19(18)27-3)9-11-22-12-10-21/h5-8,13,18-19,22H,4,9-12H2,1-3H3,(H,23,26)/t18-,19+/m1/s1. The van der Waals surface area contributed by atoms with Crippen molar-refractivity contribution in [3.05, 3.63) is 52.8 Å². The number of hydrogen-bond donors (Lipinski definition) is 2. The first-order valence-electron chi connectivity index (χ1n) is 9.79. The minimum absolute atomic E-state index is 0.0462. The number of benzene rings is 1. The second-order valence-corrected chi connectivity index (χ2v) is 7.59. The van der Waals surface area contributed by atoms with E-state index in [9.17, 15) is 4.79 Å². The number of aryl methyl sites for hydroxylation is 2. The Kier molecular flexibility index (Phi) is 4.78. The molecule has 1 aliphatic heterocycles. The van der Waals surface area contributed by atoms with Crippen LogP contribution in [0.5, 0.6) is 0 Å². The highest BCUT2D eigenvalue weighted by Gasteiger charge is 2.53. The van der Waals surface area contributed by atoms with Crippen molar-refractivity contribution in [2.75, 3.05) is 20.2 Å². The molecule has 1 aromatic carbocycles. The largest absolute Gasteiger partial charge is 0.378 e. The normalized spacial score (nSPS) is 23.4. The number of carbonyl (C=O) groups is 1. The van der Waals surface area contributed by atoms with Crippen LogP contribution in [0, 0.1) is 6.92 Å². The Balaban J connectivity index is 1.70. The molecule has 1 spiro atoms. The number of fused-ring (bicyclic) bond motifs is 2. The molecule has 144 valence electrons. The fourth-order valence-electron chi connectivity index (χ4n) is 4.98. The zero-order chi connectivity index (χ0) is 19.0. The Hall–Kier alpha value is -2.18. The van der Waals surface area contributed by atoms with Crippen LogP contribution < -0.4 is 10.6 Å². The molecule has 2 atom stereocenters. The summed E-state index contributed by atoms with van der Waals surface area (Å²) in [6, 6.07) is 10.2. The summed E-state index contributed by atoms with van der Waals surface area (Å²) in [6.45, 7) is 6.51. The highest BCUT2D eigenvalue weighted by Crippen LogP contribution is 2.51. The van der Waals surface area contributed by atoms with Crippen molar-refractivity contribution in [3.63, 3.8) is 0 Å². The molecule has 0 bridgehead atoms. The Labute approximate surface area is 160 Å². The quantitative estimate of drug-likeness (QED) is 0.869. The Bertz CT molecular complexity index is 838. The van der Waals surface area contributed by atoms with Gasteiger partial charge in [-0.25, -0.2) is 0 Å². The topological polar surface area (TPSA) is 68.2 Å². The van der Waals surface area contributed by atoms with Crippen LogP contribution >= 0.6 is 0 Å². The van der Waals surface area contributed by atoms with Crippen LogP contribution in [-0.2, 0) is 16.7 Å². The van der Waals surface area contributed by atoms with E-state index in [-0.39, 0.29) is 23.5 Å². The molecule has 1 aliphatic carbocycles. The summed E-state index contributed by atoms with van der Waals surface area (Å²) in [5.41, 5.74) is 3.92. The van der Waals surface area contributed by atoms with Crippen molar-refractivity contribution in [1.29, 1.82) is 0 Å². The molecule has 0 saturated carbocycles. The fourth-order valence-corrected chi connectivity index (χ4v) is 4.98. The first-order valence-corrected chi connectivity index (χ1v) is 9.79. The van der Waals surface area contributed by atoms with E-state index in [1.807, 2.05) is 26.0 Å². The number of ether oxygens (including phenoxy) is 1. The van der Waals surface area contributed by atoms with Crippen molar-refractivity contribution in [1.82, 2.24) is 20.4 Å². The molecule has 1 fully saturated rings. The number of nitrogens with zero attached hydrogens (tertiary/aromatic N) is 2. The van der Waals surface area contributed by atoms with Crippen molar-refractivity contribution in [2.24, 2.45) is 0 Å². The third-order valence-electron chi connectivity index (χ3n) is 6.15. The van der Waals surface area contributed by atoms with Crippen LogP contribution in [-0.4, -0.2) is 42.0 Å². The molecule has 0 unspecified atom stereocenters. The molecule has 2 aromatic rings. The molecule has 6 nitrogen and oxygen atoms in total. The van der Waals surface area contributed by atoms with Crippen molar-refractivity contribution in [3.8, 4) is 0 Å². The molecule has 27 heavy (non-hydrogen) atoms. The fraction of sp³-hybridized carbons (Fsp3) is 0.524. The van der Waals surface area contributed by atoms with Gasteiger partial charge in [0.2, 0.25) is 0 Å². The van der Waals surface area contributed by atoms with Crippen LogP contribution in [0.3, 0.4) is 0 Å². The van der Waals surface area contributed by atoms with E-state index in [4.69, 9.17) is 4.74 Å². The second-order valence-electron chi connectivity index (χ2n) is 7.59. The maximum absolute atomic E-state index is 13.1. The number of aromatic nitrogens is 2. The molecule has 1 amide bonds. The van der Waals surface area contributed by atoms with Gasteiger partial charge in [0.05, 0.1) is 17.8 Å². The predicted octanol–water partition coefficient (Wildman–Crippen LogP) is 2.33. The zero-order valence-electron chi connectivity index (χ0n) is 16.3. The summed E-state index contributed by atoms with van der Waals surface area (Å²) in [5, 5.41) is 11.1. The highest BCUT2D eigenvalue weighted by molar-refractivity contribution is 5.93. The molecular formula is C21H28N4O2. The van der Waals surface area contributed by atoms with Gasteiger partial charge in [-0.05, 0) is 57.0 Å². The number of methoxy groups -OCH3 is 1. The molecule has 2 N–H and O–H groups in total. The lowest BCUT2D eigenvalue weighted by Gasteiger charge is -2.40. The van der Waals surface area contributed by atoms with Gasteiger partial charge in [0, 0.05) is 19.1 Å². The summed E-state index contributed by atoms with van der Waals surface area (Å²) in [4.78, 5) is 13.1. The van der Waals surface area contributed by atoms with Gasteiger partial charge in [-0.1, -0.05) is 24.3 Å². The minimum atomic E-state index is -0.155. The number of piperidine rings is 1. The first-order chi connectivity index (χ1) is 13.1. The molecule has 0 radical (unpaired) electrons. The third kappa shape index (κ3) is 2.87. The molecule has 1 aromatic heterocycles. The van der Waals surface area contributed by atoms with Gasteiger partial charge in [0.15, 0.2) is 0 Å². The number of amides is 1. The molecular weight excluding hydrogens is 340 g/mol. The molecule has 4 rings (SSSR count). The number of rotatable bonds is 4. The summed E-state index contributed by atoms with van der Waals surface area (Å²) in [5.74, 6) is -0.0923. The Morgan fingerprint density at radius 1 is 1.37 bits per heavy atom. The first kappa shape index (κ1) is 18.2. The van der Waals surface area contributed by atoms with Gasteiger partial charge in [-0.2, -0.15) is 5.10 Å². The maximum atomic E-state index is 13.1. The van der Waals surface area contributed by atoms with E-state index in [0.717, 1.165) is 31.6 Å². The highest BCUT2D eigenvalue weighted by atomic mass is 16.5. The smallest absolute Gasteiger partial charge is 0.270 e. The van der Waals surface area contributed by atoms with E-state index in [0.29, 0.717) is 12.2 Å². The lowest BCUT2D eigenvalue weighted by Crippen LogP contribution is -2.49. The summed E-state index contributed by atoms with van der Waals surface area (Å²) in [6.07, 6.45) is 1.96. The van der Waals surface area contributed by atoms with Crippen LogP contribution in [0.2, 0.25) is 0 Å². The van der Waals surface area contributed by atoms with Gasteiger partial charge in [-0.15, -0.1) is 0 Å². The molecule has 2 heterocycles. The summed E-state index contributed by atoms with van der Waals surface area (Å²) >= 11 is 0. The van der Waals surface area contributed by atoms with Gasteiger partial charge in [0.1, 0.15) is 5.69 Å². The molecule has 6 heteroatoms. The van der Waals surface area contributed by atoms with Crippen LogP contribution in [0.25, 0.3) is 0 Å². The van der Waals surface area contributed by atoms with Gasteiger partial charge in [0.25, 0.3) is 5.91 Å². The van der Waals surface area contributed by atoms with Crippen LogP contribution in [0.15, 0.2) is 30.3 Å². The summed E-state index contributed by atoms with van der Waals surface area (Å²) < 4.78 is 7.79. The minimum Gasteiger partial charge on any atom is -0.378 e. The van der Waals surface area contributed by atoms with E-state index in [2.05, 4.69) is 33.9 Å². The number of nitrogens with one attached hydrogen (secondary N) is 2. The monoisotopic (exact) mass is 368 g/mol. The number of carbonyl (C=O) groups excluding carboxylic acids is 1. The van der Waals surface area contributed by atoms with E-state index in [1.165, 1.54) is 11.1 Å². The van der Waals surface area contributed by atoms with Gasteiger partial charge >= 0.3 is 0 Å². The molecule has 1 saturated heterocycles. The summed E-state index contributed by atoms with van der Waals surface area (Å²) in [7, 11) is 1.76. The van der Waals surface area contributed by atoms with Crippen LogP contribution in [0.1, 0.15) is 53.1 Å². The van der Waals surface area contributed by atoms with Crippen molar-refractivity contribution >= 4 is 5.91 Å². The Morgan fingerprint density at radius 3 is 2.81 bits per heavy atom. The lowest BCUT2D eigenvalue weighted by molar-refractivity contribution is 0.00387. The van der Waals surface area contributed by atoms with E-state index < -0.39 is 0 Å². The van der Waals surface area contributed by atoms with Crippen LogP contribution in [0.4, 0.5) is 0 Å². The third-order valence-corrected chi connectivity index (χ3v) is 6.15. The van der Waals surface area contributed by atoms with Crippen molar-refractivity contribution in [2.45, 2.75) is 50.8 Å². The zero-order valence-corrected chi connectivity index (χ0v) is 16.3. The van der Waals surface area contributed by atoms with Gasteiger partial charge < -0.3 is 15.4 Å². The average Bonchev–Trinajstić information content (AvgIpc) is 3.19. The van der Waals surface area contributed by atoms with Crippen molar-refractivity contribution < 1.29 is 9.53 Å². The lowest BCUT2D eigenvalue weighted by atomic mass is 9.72. The van der Waals surface area contributed by atoms with E-state index >= 15 is 0 Å². The maximum Gasteiger partial charge on any atom is 0.270 e.